The maximum Gasteiger partial charge on any atom is 0.188 e. The highest BCUT2D eigenvalue weighted by atomic mass is 35.5. The molecule has 3 N–H and O–H groups in total. The lowest BCUT2D eigenvalue weighted by Gasteiger charge is -2.15. The van der Waals surface area contributed by atoms with Gasteiger partial charge in [-0.25, -0.2) is 0 Å². The summed E-state index contributed by atoms with van der Waals surface area (Å²) in [6, 6.07) is 9.95. The first-order chi connectivity index (χ1) is 5.70. The summed E-state index contributed by atoms with van der Waals surface area (Å²) in [6.45, 7) is 0.691. The monoisotopic (exact) mass is 199 g/mol. The molecule has 0 aliphatic rings. The predicted molar refractivity (Wildman–Crippen MR) is 57.1 cm³/mol. The van der Waals surface area contributed by atoms with Crippen LogP contribution in [0, 0.1) is 5.41 Å². The van der Waals surface area contributed by atoms with Crippen LogP contribution in [0.4, 0.5) is 0 Å². The van der Waals surface area contributed by atoms with Gasteiger partial charge in [0.15, 0.2) is 5.96 Å². The van der Waals surface area contributed by atoms with Gasteiger partial charge in [0.05, 0.1) is 0 Å². The Morgan fingerprint density at radius 1 is 1.38 bits per heavy atom. The van der Waals surface area contributed by atoms with Crippen LogP contribution in [0.15, 0.2) is 30.3 Å². The average Bonchev–Trinajstić information content (AvgIpc) is 2.06. The summed E-state index contributed by atoms with van der Waals surface area (Å²) in [5, 5.41) is 7.15. The lowest BCUT2D eigenvalue weighted by Crippen LogP contribution is -2.32. The SMILES string of the molecule is CN(Cc1ccccc1)C(=N)N.Cl. The van der Waals surface area contributed by atoms with E-state index < -0.39 is 0 Å². The number of hydrogen-bond acceptors (Lipinski definition) is 1. The molecule has 0 saturated carbocycles. The molecule has 0 fully saturated rings. The van der Waals surface area contributed by atoms with E-state index >= 15 is 0 Å². The first-order valence-corrected chi connectivity index (χ1v) is 3.79. The fourth-order valence-electron chi connectivity index (χ4n) is 0.942. The van der Waals surface area contributed by atoms with Crippen molar-refractivity contribution in [2.75, 3.05) is 7.05 Å². The minimum atomic E-state index is 0. The average molecular weight is 200 g/mol. The molecule has 0 radical (unpaired) electrons. The Bertz CT molecular complexity index is 261. The van der Waals surface area contributed by atoms with Crippen LogP contribution < -0.4 is 5.73 Å². The molecule has 0 atom stereocenters. The normalized spacial score (nSPS) is 8.69. The summed E-state index contributed by atoms with van der Waals surface area (Å²) in [4.78, 5) is 1.69. The Kier molecular flexibility index (Phi) is 4.92. The molecule has 0 saturated heterocycles. The maximum absolute atomic E-state index is 7.15. The van der Waals surface area contributed by atoms with Crippen molar-refractivity contribution < 1.29 is 0 Å². The molecule has 0 amide bonds. The predicted octanol–water partition coefficient (Wildman–Crippen LogP) is 1.43. The van der Waals surface area contributed by atoms with Gasteiger partial charge in [-0.05, 0) is 5.56 Å². The van der Waals surface area contributed by atoms with Crippen molar-refractivity contribution in [3.8, 4) is 0 Å². The molecule has 13 heavy (non-hydrogen) atoms. The largest absolute Gasteiger partial charge is 0.370 e. The van der Waals surface area contributed by atoms with Gasteiger partial charge in [-0.1, -0.05) is 30.3 Å². The zero-order valence-corrected chi connectivity index (χ0v) is 8.34. The summed E-state index contributed by atoms with van der Waals surface area (Å²) >= 11 is 0. The number of nitrogens with one attached hydrogen (secondary N) is 1. The summed E-state index contributed by atoms with van der Waals surface area (Å²) in [5.41, 5.74) is 6.46. The van der Waals surface area contributed by atoms with E-state index in [4.69, 9.17) is 11.1 Å². The van der Waals surface area contributed by atoms with Crippen LogP contribution in [0.1, 0.15) is 5.56 Å². The molecule has 0 aromatic heterocycles. The molecule has 3 nitrogen and oxygen atoms in total. The van der Waals surface area contributed by atoms with Gasteiger partial charge in [0, 0.05) is 13.6 Å². The summed E-state index contributed by atoms with van der Waals surface area (Å²) in [6.07, 6.45) is 0. The molecule has 0 unspecified atom stereocenters. The lowest BCUT2D eigenvalue weighted by atomic mass is 10.2. The third-order valence-electron chi connectivity index (χ3n) is 1.67. The zero-order valence-electron chi connectivity index (χ0n) is 7.53. The zero-order chi connectivity index (χ0) is 8.97. The van der Waals surface area contributed by atoms with Crippen molar-refractivity contribution in [1.29, 1.82) is 5.41 Å². The van der Waals surface area contributed by atoms with Gasteiger partial charge in [0.1, 0.15) is 0 Å². The third-order valence-corrected chi connectivity index (χ3v) is 1.67. The van der Waals surface area contributed by atoms with Gasteiger partial charge in [-0.3, -0.25) is 5.41 Å². The second kappa shape index (κ2) is 5.43. The second-order valence-electron chi connectivity index (χ2n) is 2.73. The Balaban J connectivity index is 0.00000144. The van der Waals surface area contributed by atoms with Gasteiger partial charge in [-0.2, -0.15) is 0 Å². The number of rotatable bonds is 2. The van der Waals surface area contributed by atoms with E-state index in [0.717, 1.165) is 5.56 Å². The van der Waals surface area contributed by atoms with Crippen molar-refractivity contribution in [3.05, 3.63) is 35.9 Å². The van der Waals surface area contributed by atoms with E-state index in [1.807, 2.05) is 30.3 Å². The molecule has 1 rings (SSSR count). The molecule has 1 aromatic rings. The van der Waals surface area contributed by atoms with Crippen molar-refractivity contribution in [3.63, 3.8) is 0 Å². The number of guanidine groups is 1. The number of nitrogens with zero attached hydrogens (tertiary/aromatic N) is 1. The quantitative estimate of drug-likeness (QED) is 0.560. The first-order valence-electron chi connectivity index (χ1n) is 3.79. The van der Waals surface area contributed by atoms with Crippen LogP contribution in [0.5, 0.6) is 0 Å². The molecule has 0 aliphatic heterocycles. The fraction of sp³-hybridized carbons (Fsp3) is 0.222. The van der Waals surface area contributed by atoms with Crippen LogP contribution >= 0.6 is 12.4 Å². The van der Waals surface area contributed by atoms with Gasteiger partial charge in [0.25, 0.3) is 0 Å². The Morgan fingerprint density at radius 2 is 1.92 bits per heavy atom. The summed E-state index contributed by atoms with van der Waals surface area (Å²) in [5.74, 6) is 0.0962. The van der Waals surface area contributed by atoms with E-state index in [2.05, 4.69) is 0 Å². The highest BCUT2D eigenvalue weighted by molar-refractivity contribution is 5.85. The lowest BCUT2D eigenvalue weighted by molar-refractivity contribution is 0.491. The van der Waals surface area contributed by atoms with E-state index in [1.54, 1.807) is 11.9 Å². The molecule has 0 bridgehead atoms. The molecule has 0 heterocycles. The fourth-order valence-corrected chi connectivity index (χ4v) is 0.942. The third kappa shape index (κ3) is 3.80. The van der Waals surface area contributed by atoms with Gasteiger partial charge < -0.3 is 10.6 Å². The smallest absolute Gasteiger partial charge is 0.188 e. The number of nitrogens with two attached hydrogens (primary N) is 1. The number of hydrogen-bond donors (Lipinski definition) is 2. The molecule has 0 spiro atoms. The van der Waals surface area contributed by atoms with Gasteiger partial charge >= 0.3 is 0 Å². The summed E-state index contributed by atoms with van der Waals surface area (Å²) in [7, 11) is 1.80. The molecule has 4 heteroatoms. The standard InChI is InChI=1S/C9H13N3.ClH/c1-12(9(10)11)7-8-5-3-2-4-6-8;/h2-6H,7H2,1H3,(H3,10,11);1H. The van der Waals surface area contributed by atoms with Crippen molar-refractivity contribution in [2.45, 2.75) is 6.54 Å². The van der Waals surface area contributed by atoms with E-state index in [-0.39, 0.29) is 18.4 Å². The van der Waals surface area contributed by atoms with Crippen molar-refractivity contribution in [2.24, 2.45) is 5.73 Å². The minimum Gasteiger partial charge on any atom is -0.370 e. The van der Waals surface area contributed by atoms with Crippen LogP contribution in [-0.4, -0.2) is 17.9 Å². The molecular formula is C9H14ClN3. The highest BCUT2D eigenvalue weighted by Gasteiger charge is 1.99. The second-order valence-corrected chi connectivity index (χ2v) is 2.73. The van der Waals surface area contributed by atoms with Crippen LogP contribution in [0.3, 0.4) is 0 Å². The molecule has 72 valence electrons. The first kappa shape index (κ1) is 11.8. The van der Waals surface area contributed by atoms with Crippen LogP contribution in [0.2, 0.25) is 0 Å². The Hall–Kier alpha value is -1.22. The topological polar surface area (TPSA) is 53.1 Å². The Labute approximate surface area is 84.5 Å². The van der Waals surface area contributed by atoms with E-state index in [9.17, 15) is 0 Å². The molecular weight excluding hydrogens is 186 g/mol. The minimum absolute atomic E-state index is 0. The number of halogens is 1. The Morgan fingerprint density at radius 3 is 2.38 bits per heavy atom. The van der Waals surface area contributed by atoms with E-state index in [0.29, 0.717) is 6.54 Å². The summed E-state index contributed by atoms with van der Waals surface area (Å²) < 4.78 is 0. The molecule has 1 aromatic carbocycles. The van der Waals surface area contributed by atoms with Gasteiger partial charge in [0.2, 0.25) is 0 Å². The number of benzene rings is 1. The van der Waals surface area contributed by atoms with E-state index in [1.165, 1.54) is 0 Å². The van der Waals surface area contributed by atoms with Gasteiger partial charge in [-0.15, -0.1) is 12.4 Å². The van der Waals surface area contributed by atoms with Crippen molar-refractivity contribution >= 4 is 18.4 Å². The maximum atomic E-state index is 7.15. The van der Waals surface area contributed by atoms with Crippen molar-refractivity contribution in [1.82, 2.24) is 4.90 Å². The van der Waals surface area contributed by atoms with Crippen LogP contribution in [-0.2, 0) is 6.54 Å². The highest BCUT2D eigenvalue weighted by Crippen LogP contribution is 2.01. The van der Waals surface area contributed by atoms with Crippen LogP contribution in [0.25, 0.3) is 0 Å². The molecule has 0 aliphatic carbocycles.